The molecule has 1 aromatic heterocycles. The average molecular weight is 272 g/mol. The lowest BCUT2D eigenvalue weighted by Crippen LogP contribution is -2.35. The quantitative estimate of drug-likeness (QED) is 0.920. The van der Waals surface area contributed by atoms with E-state index in [1.54, 1.807) is 0 Å². The van der Waals surface area contributed by atoms with Crippen molar-refractivity contribution in [2.24, 2.45) is 0 Å². The van der Waals surface area contributed by atoms with Crippen LogP contribution in [0, 0.1) is 0 Å². The first-order valence-electron chi connectivity index (χ1n) is 6.86. The third kappa shape index (κ3) is 3.06. The molecule has 100 valence electrons. The number of rotatable bonds is 4. The first kappa shape index (κ1) is 12.9. The largest absolute Gasteiger partial charge is 0.305 e. The number of nitrogens with one attached hydrogen (secondary N) is 1. The predicted molar refractivity (Wildman–Crippen MR) is 81.6 cm³/mol. The molecule has 2 aromatic rings. The van der Waals surface area contributed by atoms with Crippen molar-refractivity contribution in [3.8, 4) is 0 Å². The molecule has 1 aromatic carbocycles. The number of benzene rings is 1. The van der Waals surface area contributed by atoms with Crippen LogP contribution < -0.4 is 5.32 Å². The van der Waals surface area contributed by atoms with E-state index in [-0.39, 0.29) is 0 Å². The Morgan fingerprint density at radius 3 is 2.68 bits per heavy atom. The fraction of sp³-hybridized carbons (Fsp3) is 0.375. The van der Waals surface area contributed by atoms with Gasteiger partial charge in [0.2, 0.25) is 0 Å². The van der Waals surface area contributed by atoms with Crippen molar-refractivity contribution >= 4 is 11.3 Å². The van der Waals surface area contributed by atoms with Crippen molar-refractivity contribution in [3.63, 3.8) is 0 Å². The monoisotopic (exact) mass is 272 g/mol. The molecule has 1 aliphatic heterocycles. The smallest absolute Gasteiger partial charge is 0.0673 e. The van der Waals surface area contributed by atoms with E-state index >= 15 is 0 Å². The van der Waals surface area contributed by atoms with E-state index < -0.39 is 0 Å². The summed E-state index contributed by atoms with van der Waals surface area (Å²) in [5, 5.41) is 5.99. The van der Waals surface area contributed by atoms with Crippen LogP contribution in [0.2, 0.25) is 0 Å². The Hall–Kier alpha value is -1.16. The van der Waals surface area contributed by atoms with Gasteiger partial charge in [0.15, 0.2) is 0 Å². The number of likely N-dealkylation sites (tertiary alicyclic amines) is 1. The van der Waals surface area contributed by atoms with Crippen LogP contribution in [0.25, 0.3) is 0 Å². The summed E-state index contributed by atoms with van der Waals surface area (Å²) in [6, 6.07) is 16.1. The Balaban J connectivity index is 1.81. The molecule has 0 saturated carbocycles. The van der Waals surface area contributed by atoms with Crippen LogP contribution in [-0.4, -0.2) is 31.1 Å². The van der Waals surface area contributed by atoms with Gasteiger partial charge in [-0.1, -0.05) is 36.4 Å². The summed E-state index contributed by atoms with van der Waals surface area (Å²) in [5.74, 6) is 0. The fourth-order valence-corrected chi connectivity index (χ4v) is 3.56. The molecule has 0 amide bonds. The van der Waals surface area contributed by atoms with E-state index in [0.717, 1.165) is 6.54 Å². The molecule has 3 heteroatoms. The molecule has 2 atom stereocenters. The molecule has 1 N–H and O–H groups in total. The normalized spacial score (nSPS) is 21.6. The first-order chi connectivity index (χ1) is 9.33. The van der Waals surface area contributed by atoms with Crippen LogP contribution in [0.3, 0.4) is 0 Å². The van der Waals surface area contributed by atoms with Crippen LogP contribution in [0.4, 0.5) is 0 Å². The molecule has 2 nitrogen and oxygen atoms in total. The van der Waals surface area contributed by atoms with Gasteiger partial charge in [0.25, 0.3) is 0 Å². The number of likely N-dealkylation sites (N-methyl/N-ethyl adjacent to an activating group) is 1. The fourth-order valence-electron chi connectivity index (χ4n) is 2.75. The molecule has 2 unspecified atom stereocenters. The molecule has 0 aliphatic carbocycles. The van der Waals surface area contributed by atoms with Crippen molar-refractivity contribution in [2.75, 3.05) is 20.1 Å². The van der Waals surface area contributed by atoms with E-state index in [1.807, 2.05) is 11.3 Å². The molecule has 0 radical (unpaired) electrons. The van der Waals surface area contributed by atoms with Crippen molar-refractivity contribution in [1.82, 2.24) is 10.2 Å². The third-order valence-corrected chi connectivity index (χ3v) is 4.69. The lowest BCUT2D eigenvalue weighted by Gasteiger charge is -2.22. The second kappa shape index (κ2) is 5.87. The summed E-state index contributed by atoms with van der Waals surface area (Å²) in [6.45, 7) is 2.35. The summed E-state index contributed by atoms with van der Waals surface area (Å²) in [5.41, 5.74) is 1.36. The van der Waals surface area contributed by atoms with Crippen LogP contribution in [0.5, 0.6) is 0 Å². The molecule has 0 bridgehead atoms. The van der Waals surface area contributed by atoms with E-state index in [9.17, 15) is 0 Å². The zero-order valence-corrected chi connectivity index (χ0v) is 12.1. The van der Waals surface area contributed by atoms with Crippen LogP contribution in [0.1, 0.15) is 22.9 Å². The molecule has 1 fully saturated rings. The van der Waals surface area contributed by atoms with Crippen LogP contribution in [0.15, 0.2) is 47.8 Å². The highest BCUT2D eigenvalue weighted by Gasteiger charge is 2.24. The molecule has 1 aliphatic rings. The minimum absolute atomic E-state index is 0.331. The van der Waals surface area contributed by atoms with Gasteiger partial charge >= 0.3 is 0 Å². The molecular formula is C16H20N2S. The van der Waals surface area contributed by atoms with E-state index in [4.69, 9.17) is 0 Å². The highest BCUT2D eigenvalue weighted by atomic mass is 32.1. The van der Waals surface area contributed by atoms with E-state index in [2.05, 4.69) is 65.1 Å². The Morgan fingerprint density at radius 1 is 1.21 bits per heavy atom. The van der Waals surface area contributed by atoms with E-state index in [0.29, 0.717) is 12.1 Å². The van der Waals surface area contributed by atoms with Crippen molar-refractivity contribution < 1.29 is 0 Å². The van der Waals surface area contributed by atoms with Crippen molar-refractivity contribution in [2.45, 2.75) is 18.5 Å². The van der Waals surface area contributed by atoms with Crippen LogP contribution >= 0.6 is 11.3 Å². The number of thiophene rings is 1. The van der Waals surface area contributed by atoms with Gasteiger partial charge in [-0.15, -0.1) is 11.3 Å². The summed E-state index contributed by atoms with van der Waals surface area (Å²) in [4.78, 5) is 3.80. The van der Waals surface area contributed by atoms with Gasteiger partial charge in [-0.2, -0.15) is 0 Å². The second-order valence-electron chi connectivity index (χ2n) is 5.27. The summed E-state index contributed by atoms with van der Waals surface area (Å²) in [7, 11) is 2.20. The molecule has 0 spiro atoms. The minimum Gasteiger partial charge on any atom is -0.305 e. The maximum atomic E-state index is 3.83. The van der Waals surface area contributed by atoms with Crippen molar-refractivity contribution in [1.29, 1.82) is 0 Å². The number of hydrogen-bond acceptors (Lipinski definition) is 3. The van der Waals surface area contributed by atoms with E-state index in [1.165, 1.54) is 23.4 Å². The predicted octanol–water partition coefficient (Wildman–Crippen LogP) is 3.13. The van der Waals surface area contributed by atoms with Gasteiger partial charge in [0.1, 0.15) is 0 Å². The zero-order chi connectivity index (χ0) is 13.1. The standard InChI is InChI=1S/C16H20N2S/c1-18-10-9-14(12-18)17-16(15-8-5-11-19-15)13-6-3-2-4-7-13/h2-8,11,14,16-17H,9-10,12H2,1H3. The SMILES string of the molecule is CN1CCC(NC(c2ccccc2)c2cccs2)C1. The summed E-state index contributed by atoms with van der Waals surface area (Å²) in [6.07, 6.45) is 1.24. The molecule has 1 saturated heterocycles. The Bertz CT molecular complexity index is 495. The highest BCUT2D eigenvalue weighted by Crippen LogP contribution is 2.27. The Kier molecular flexibility index (Phi) is 3.97. The topological polar surface area (TPSA) is 15.3 Å². The van der Waals surface area contributed by atoms with Gasteiger partial charge in [0.05, 0.1) is 6.04 Å². The maximum Gasteiger partial charge on any atom is 0.0673 e. The lowest BCUT2D eigenvalue weighted by molar-refractivity contribution is 0.391. The molecule has 3 rings (SSSR count). The maximum absolute atomic E-state index is 3.83. The minimum atomic E-state index is 0.331. The molecule has 2 heterocycles. The highest BCUT2D eigenvalue weighted by molar-refractivity contribution is 7.10. The van der Waals surface area contributed by atoms with Gasteiger partial charge < -0.3 is 10.2 Å². The average Bonchev–Trinajstić information content (AvgIpc) is 3.08. The lowest BCUT2D eigenvalue weighted by atomic mass is 10.0. The summed E-state index contributed by atoms with van der Waals surface area (Å²) >= 11 is 1.83. The number of hydrogen-bond donors (Lipinski definition) is 1. The van der Waals surface area contributed by atoms with Gasteiger partial charge in [-0.3, -0.25) is 0 Å². The molecular weight excluding hydrogens is 252 g/mol. The molecule has 19 heavy (non-hydrogen) atoms. The summed E-state index contributed by atoms with van der Waals surface area (Å²) < 4.78 is 0. The third-order valence-electron chi connectivity index (χ3n) is 3.75. The van der Waals surface area contributed by atoms with Gasteiger partial charge in [0, 0.05) is 17.5 Å². The Labute approximate surface area is 119 Å². The van der Waals surface area contributed by atoms with Crippen molar-refractivity contribution in [3.05, 3.63) is 58.3 Å². The zero-order valence-electron chi connectivity index (χ0n) is 11.3. The van der Waals surface area contributed by atoms with Gasteiger partial charge in [-0.25, -0.2) is 0 Å². The second-order valence-corrected chi connectivity index (χ2v) is 6.25. The van der Waals surface area contributed by atoms with Crippen LogP contribution in [-0.2, 0) is 0 Å². The first-order valence-corrected chi connectivity index (χ1v) is 7.74. The Morgan fingerprint density at radius 2 is 2.05 bits per heavy atom. The number of nitrogens with zero attached hydrogens (tertiary/aromatic N) is 1. The van der Waals surface area contributed by atoms with Gasteiger partial charge in [-0.05, 0) is 37.0 Å².